The Labute approximate surface area is 150 Å². The van der Waals surface area contributed by atoms with E-state index in [2.05, 4.69) is 10.3 Å². The van der Waals surface area contributed by atoms with Gasteiger partial charge in [0.2, 0.25) is 0 Å². The van der Waals surface area contributed by atoms with Crippen molar-refractivity contribution in [2.75, 3.05) is 5.75 Å². The van der Waals surface area contributed by atoms with Crippen molar-refractivity contribution in [1.29, 1.82) is 0 Å². The van der Waals surface area contributed by atoms with Gasteiger partial charge in [-0.05, 0) is 12.5 Å². The first kappa shape index (κ1) is 18.2. The summed E-state index contributed by atoms with van der Waals surface area (Å²) in [7, 11) is -3.46. The van der Waals surface area contributed by atoms with Gasteiger partial charge in [-0.3, -0.25) is 0 Å². The lowest BCUT2D eigenvalue weighted by molar-refractivity contribution is 0.547. The van der Waals surface area contributed by atoms with Gasteiger partial charge in [-0.2, -0.15) is 0 Å². The van der Waals surface area contributed by atoms with E-state index in [0.717, 1.165) is 22.4 Å². The Bertz CT molecular complexity index is 1020. The third-order valence-electron chi connectivity index (χ3n) is 3.83. The van der Waals surface area contributed by atoms with Crippen LogP contribution in [0.5, 0.6) is 0 Å². The van der Waals surface area contributed by atoms with Crippen molar-refractivity contribution in [3.63, 3.8) is 0 Å². The summed E-state index contributed by atoms with van der Waals surface area (Å²) in [5, 5.41) is 7.74. The van der Waals surface area contributed by atoms with Crippen LogP contribution in [0.2, 0.25) is 0 Å². The summed E-state index contributed by atoms with van der Waals surface area (Å²) in [6, 6.07) is 11.3. The smallest absolute Gasteiger partial charge is 0.156 e. The summed E-state index contributed by atoms with van der Waals surface area (Å²) in [4.78, 5) is 0. The van der Waals surface area contributed by atoms with Crippen LogP contribution in [0.3, 0.4) is 0 Å². The second-order valence-corrected chi connectivity index (χ2v) is 8.06. The van der Waals surface area contributed by atoms with Crippen molar-refractivity contribution in [1.82, 2.24) is 15.0 Å². The summed E-state index contributed by atoms with van der Waals surface area (Å²) in [6.07, 6.45) is 1.84. The summed E-state index contributed by atoms with van der Waals surface area (Å²) >= 11 is 0. The van der Waals surface area contributed by atoms with E-state index < -0.39 is 32.9 Å². The second-order valence-electron chi connectivity index (χ2n) is 5.88. The van der Waals surface area contributed by atoms with Crippen LogP contribution in [0.1, 0.15) is 18.9 Å². The van der Waals surface area contributed by atoms with Gasteiger partial charge >= 0.3 is 0 Å². The number of aromatic nitrogens is 3. The van der Waals surface area contributed by atoms with Crippen LogP contribution in [0.15, 0.2) is 48.7 Å². The van der Waals surface area contributed by atoms with Crippen molar-refractivity contribution in [3.05, 3.63) is 65.9 Å². The normalized spacial score (nSPS) is 11.7. The van der Waals surface area contributed by atoms with E-state index in [4.69, 9.17) is 0 Å². The molecule has 0 fully saturated rings. The molecule has 0 aliphatic heterocycles. The van der Waals surface area contributed by atoms with Gasteiger partial charge in [0.05, 0.1) is 17.7 Å². The Balaban J connectivity index is 2.01. The predicted octanol–water partition coefficient (Wildman–Crippen LogP) is 3.54. The van der Waals surface area contributed by atoms with E-state index in [-0.39, 0.29) is 11.3 Å². The lowest BCUT2D eigenvalue weighted by Crippen LogP contribution is -2.12. The minimum Gasteiger partial charge on any atom is -0.228 e. The molecular formula is C18H17F2N3O2S. The van der Waals surface area contributed by atoms with Crippen LogP contribution in [0.4, 0.5) is 8.78 Å². The minimum absolute atomic E-state index is 0.0549. The highest BCUT2D eigenvalue weighted by Gasteiger charge is 2.21. The molecule has 0 atom stereocenters. The molecule has 5 nitrogen and oxygen atoms in total. The van der Waals surface area contributed by atoms with Crippen LogP contribution in [0, 0.1) is 11.6 Å². The Kier molecular flexibility index (Phi) is 5.13. The Morgan fingerprint density at radius 3 is 2.50 bits per heavy atom. The first-order valence-electron chi connectivity index (χ1n) is 8.06. The van der Waals surface area contributed by atoms with Gasteiger partial charge in [-0.1, -0.05) is 48.5 Å². The molecular weight excluding hydrogens is 360 g/mol. The molecule has 136 valence electrons. The third-order valence-corrected chi connectivity index (χ3v) is 5.61. The third kappa shape index (κ3) is 3.80. The molecule has 26 heavy (non-hydrogen) atoms. The SMILES string of the molecule is CCCS(=O)(=O)Cc1ccc(F)c(-n2cc(-c3ccccc3)nn2)c1F. The lowest BCUT2D eigenvalue weighted by atomic mass is 10.1. The van der Waals surface area contributed by atoms with Crippen LogP contribution >= 0.6 is 0 Å². The molecule has 0 saturated carbocycles. The average Bonchev–Trinajstić information content (AvgIpc) is 3.08. The van der Waals surface area contributed by atoms with Crippen LogP contribution in [0.25, 0.3) is 16.9 Å². The molecule has 0 unspecified atom stereocenters. The Hall–Kier alpha value is -2.61. The number of benzene rings is 2. The van der Waals surface area contributed by atoms with Crippen molar-refractivity contribution in [2.45, 2.75) is 19.1 Å². The summed E-state index contributed by atoms with van der Waals surface area (Å²) in [5.74, 6) is -2.33. The molecule has 3 aromatic rings. The maximum atomic E-state index is 14.8. The quantitative estimate of drug-likeness (QED) is 0.659. The monoisotopic (exact) mass is 377 g/mol. The van der Waals surface area contributed by atoms with Gasteiger partial charge in [0, 0.05) is 11.1 Å². The zero-order chi connectivity index (χ0) is 18.7. The molecule has 0 bridgehead atoms. The highest BCUT2D eigenvalue weighted by Crippen LogP contribution is 2.24. The van der Waals surface area contributed by atoms with Crippen molar-refractivity contribution >= 4 is 9.84 Å². The number of hydrogen-bond donors (Lipinski definition) is 0. The summed E-state index contributed by atoms with van der Waals surface area (Å²) < 4.78 is 54.0. The molecule has 0 amide bonds. The zero-order valence-electron chi connectivity index (χ0n) is 14.1. The topological polar surface area (TPSA) is 64.8 Å². The molecule has 0 aliphatic carbocycles. The number of rotatable bonds is 6. The molecule has 1 aromatic heterocycles. The molecule has 0 aliphatic rings. The molecule has 0 saturated heterocycles. The molecule has 3 rings (SSSR count). The van der Waals surface area contributed by atoms with Gasteiger partial charge in [0.25, 0.3) is 0 Å². The summed E-state index contributed by atoms with van der Waals surface area (Å²) in [6.45, 7) is 1.73. The van der Waals surface area contributed by atoms with Crippen molar-refractivity contribution in [2.24, 2.45) is 0 Å². The number of nitrogens with zero attached hydrogens (tertiary/aromatic N) is 3. The number of sulfone groups is 1. The highest BCUT2D eigenvalue weighted by molar-refractivity contribution is 7.90. The fraction of sp³-hybridized carbons (Fsp3) is 0.222. The standard InChI is InChI=1S/C18H17F2N3O2S/c1-2-10-26(24,25)12-14-8-9-15(19)18(17(14)20)23-11-16(21-22-23)13-6-4-3-5-7-13/h3-9,11H,2,10,12H2,1H3. The summed E-state index contributed by atoms with van der Waals surface area (Å²) in [5.41, 5.74) is 0.671. The minimum atomic E-state index is -3.46. The van der Waals surface area contributed by atoms with E-state index in [0.29, 0.717) is 12.1 Å². The van der Waals surface area contributed by atoms with E-state index in [1.807, 2.05) is 18.2 Å². The second kappa shape index (κ2) is 7.33. The van der Waals surface area contributed by atoms with Gasteiger partial charge < -0.3 is 0 Å². The first-order chi connectivity index (χ1) is 12.4. The fourth-order valence-corrected chi connectivity index (χ4v) is 4.10. The fourth-order valence-electron chi connectivity index (χ4n) is 2.64. The van der Waals surface area contributed by atoms with E-state index in [1.165, 1.54) is 6.20 Å². The van der Waals surface area contributed by atoms with Crippen LogP contribution in [-0.4, -0.2) is 29.2 Å². The Morgan fingerprint density at radius 1 is 1.08 bits per heavy atom. The van der Waals surface area contributed by atoms with E-state index in [9.17, 15) is 17.2 Å². The molecule has 2 aromatic carbocycles. The van der Waals surface area contributed by atoms with Crippen LogP contribution in [-0.2, 0) is 15.6 Å². The van der Waals surface area contributed by atoms with E-state index >= 15 is 0 Å². The van der Waals surface area contributed by atoms with E-state index in [1.54, 1.807) is 19.1 Å². The van der Waals surface area contributed by atoms with Crippen LogP contribution < -0.4 is 0 Å². The highest BCUT2D eigenvalue weighted by atomic mass is 32.2. The maximum absolute atomic E-state index is 14.8. The lowest BCUT2D eigenvalue weighted by Gasteiger charge is -2.09. The van der Waals surface area contributed by atoms with Crippen molar-refractivity contribution < 1.29 is 17.2 Å². The van der Waals surface area contributed by atoms with Gasteiger partial charge in [-0.15, -0.1) is 5.10 Å². The van der Waals surface area contributed by atoms with Gasteiger partial charge in [0.15, 0.2) is 21.5 Å². The zero-order valence-corrected chi connectivity index (χ0v) is 14.9. The maximum Gasteiger partial charge on any atom is 0.156 e. The average molecular weight is 377 g/mol. The number of halogens is 2. The Morgan fingerprint density at radius 2 is 1.81 bits per heavy atom. The molecule has 0 spiro atoms. The molecule has 0 N–H and O–H groups in total. The largest absolute Gasteiger partial charge is 0.228 e. The molecule has 0 radical (unpaired) electrons. The molecule has 1 heterocycles. The number of hydrogen-bond acceptors (Lipinski definition) is 4. The van der Waals surface area contributed by atoms with Gasteiger partial charge in [-0.25, -0.2) is 21.9 Å². The van der Waals surface area contributed by atoms with Gasteiger partial charge in [0.1, 0.15) is 11.4 Å². The first-order valence-corrected chi connectivity index (χ1v) is 9.89. The molecule has 8 heteroatoms. The van der Waals surface area contributed by atoms with Crippen molar-refractivity contribution in [3.8, 4) is 16.9 Å². The predicted molar refractivity (Wildman–Crippen MR) is 94.5 cm³/mol.